The topological polar surface area (TPSA) is 56.5 Å². The molecule has 0 spiro atoms. The van der Waals surface area contributed by atoms with Gasteiger partial charge < -0.3 is 4.74 Å². The molecule has 0 unspecified atom stereocenters. The fourth-order valence-electron chi connectivity index (χ4n) is 2.49. The van der Waals surface area contributed by atoms with E-state index < -0.39 is 6.09 Å². The van der Waals surface area contributed by atoms with E-state index in [1.807, 2.05) is 51.1 Å². The van der Waals surface area contributed by atoms with Crippen molar-refractivity contribution in [1.82, 2.24) is 9.36 Å². The summed E-state index contributed by atoms with van der Waals surface area (Å²) in [5.41, 5.74) is 1.55. The fourth-order valence-corrected chi connectivity index (χ4v) is 2.49. The van der Waals surface area contributed by atoms with Crippen LogP contribution in [0.3, 0.4) is 0 Å². The highest BCUT2D eigenvalue weighted by molar-refractivity contribution is 5.88. The minimum atomic E-state index is -0.541. The number of anilines is 1. The van der Waals surface area contributed by atoms with Crippen LogP contribution in [-0.2, 0) is 11.8 Å². The summed E-state index contributed by atoms with van der Waals surface area (Å²) < 4.78 is 8.11. The molecule has 0 aliphatic heterocycles. The summed E-state index contributed by atoms with van der Waals surface area (Å²) in [7, 11) is 3.11. The molecule has 22 heavy (non-hydrogen) atoms. The van der Waals surface area contributed by atoms with Gasteiger partial charge in [0.05, 0.1) is 18.5 Å². The molecule has 1 heterocycles. The lowest BCUT2D eigenvalue weighted by Gasteiger charge is -2.23. The zero-order valence-corrected chi connectivity index (χ0v) is 13.5. The quantitative estimate of drug-likeness (QED) is 0.875. The van der Waals surface area contributed by atoms with Crippen molar-refractivity contribution < 1.29 is 9.53 Å². The van der Waals surface area contributed by atoms with E-state index in [9.17, 15) is 9.59 Å². The molecule has 1 aromatic carbocycles. The molecular formula is C16H21N3O3. The maximum absolute atomic E-state index is 12.9. The molecule has 0 saturated heterocycles. The van der Waals surface area contributed by atoms with E-state index in [0.717, 1.165) is 5.69 Å². The van der Waals surface area contributed by atoms with Crippen molar-refractivity contribution in [2.24, 2.45) is 7.05 Å². The Morgan fingerprint density at radius 2 is 1.82 bits per heavy atom. The van der Waals surface area contributed by atoms with Crippen molar-refractivity contribution in [1.29, 1.82) is 0 Å². The van der Waals surface area contributed by atoms with Gasteiger partial charge in [0.15, 0.2) is 0 Å². The first-order chi connectivity index (χ1) is 10.4. The molecular weight excluding hydrogens is 282 g/mol. The largest absolute Gasteiger partial charge is 0.452 e. The van der Waals surface area contributed by atoms with Gasteiger partial charge in [-0.05, 0) is 32.9 Å². The number of hydrogen-bond donors (Lipinski definition) is 0. The standard InChI is InChI=1S/C16H21N3O3/c1-11(2)18(16(21)22-5)14-12(3)17(4)19(15(14)20)13-9-7-6-8-10-13/h6-11H,1-5H3. The monoisotopic (exact) mass is 303 g/mol. The number of carbonyl (C=O) groups is 1. The van der Waals surface area contributed by atoms with Gasteiger partial charge in [-0.2, -0.15) is 0 Å². The molecule has 118 valence electrons. The van der Waals surface area contributed by atoms with Crippen molar-refractivity contribution in [2.45, 2.75) is 26.8 Å². The number of aromatic nitrogens is 2. The van der Waals surface area contributed by atoms with Gasteiger partial charge in [-0.15, -0.1) is 0 Å². The first-order valence-electron chi connectivity index (χ1n) is 7.11. The number of benzene rings is 1. The van der Waals surface area contributed by atoms with Gasteiger partial charge in [0, 0.05) is 13.1 Å². The van der Waals surface area contributed by atoms with Gasteiger partial charge >= 0.3 is 6.09 Å². The summed E-state index contributed by atoms with van der Waals surface area (Å²) in [5, 5.41) is 0. The van der Waals surface area contributed by atoms with Gasteiger partial charge in [-0.3, -0.25) is 14.4 Å². The number of amides is 1. The molecule has 6 nitrogen and oxygen atoms in total. The highest BCUT2D eigenvalue weighted by Crippen LogP contribution is 2.21. The first kappa shape index (κ1) is 15.9. The maximum Gasteiger partial charge on any atom is 0.414 e. The average Bonchev–Trinajstić information content (AvgIpc) is 2.71. The number of ether oxygens (including phenoxy) is 1. The first-order valence-corrected chi connectivity index (χ1v) is 7.11. The van der Waals surface area contributed by atoms with Crippen LogP contribution < -0.4 is 10.5 Å². The Labute approximate surface area is 129 Å². The van der Waals surface area contributed by atoms with E-state index in [0.29, 0.717) is 11.4 Å². The molecule has 0 fully saturated rings. The van der Waals surface area contributed by atoms with Crippen molar-refractivity contribution >= 4 is 11.8 Å². The van der Waals surface area contributed by atoms with Gasteiger partial charge in [-0.25, -0.2) is 9.48 Å². The summed E-state index contributed by atoms with van der Waals surface area (Å²) >= 11 is 0. The molecule has 2 rings (SSSR count). The third-order valence-corrected chi connectivity index (χ3v) is 3.65. The molecule has 0 atom stereocenters. The van der Waals surface area contributed by atoms with E-state index >= 15 is 0 Å². The van der Waals surface area contributed by atoms with E-state index in [-0.39, 0.29) is 11.6 Å². The highest BCUT2D eigenvalue weighted by atomic mass is 16.5. The minimum absolute atomic E-state index is 0.189. The molecule has 0 aliphatic rings. The van der Waals surface area contributed by atoms with Crippen LogP contribution in [0, 0.1) is 6.92 Å². The summed E-state index contributed by atoms with van der Waals surface area (Å²) in [5.74, 6) is 0. The molecule has 0 saturated carbocycles. The predicted octanol–water partition coefficient (Wildman–Crippen LogP) is 2.47. The molecule has 6 heteroatoms. The molecule has 0 aliphatic carbocycles. The smallest absolute Gasteiger partial charge is 0.414 e. The van der Waals surface area contributed by atoms with Crippen molar-refractivity contribution in [3.8, 4) is 5.69 Å². The van der Waals surface area contributed by atoms with Gasteiger partial charge in [0.25, 0.3) is 5.56 Å². The predicted molar refractivity (Wildman–Crippen MR) is 85.8 cm³/mol. The molecule has 0 N–H and O–H groups in total. The Balaban J connectivity index is 2.70. The van der Waals surface area contributed by atoms with E-state index in [2.05, 4.69) is 0 Å². The van der Waals surface area contributed by atoms with Gasteiger partial charge in [0.1, 0.15) is 5.69 Å². The van der Waals surface area contributed by atoms with Crippen LogP contribution in [-0.4, -0.2) is 28.6 Å². The van der Waals surface area contributed by atoms with Gasteiger partial charge in [0.2, 0.25) is 0 Å². The Bertz CT molecular complexity index is 729. The minimum Gasteiger partial charge on any atom is -0.452 e. The lowest BCUT2D eigenvalue weighted by molar-refractivity contribution is 0.176. The molecule has 1 amide bonds. The second-order valence-electron chi connectivity index (χ2n) is 5.34. The third-order valence-electron chi connectivity index (χ3n) is 3.65. The molecule has 1 aromatic heterocycles. The zero-order chi connectivity index (χ0) is 16.4. The SMILES string of the molecule is COC(=O)N(c1c(C)n(C)n(-c2ccccc2)c1=O)C(C)C. The van der Waals surface area contributed by atoms with Crippen LogP contribution in [0.4, 0.5) is 10.5 Å². The number of nitrogens with zero attached hydrogens (tertiary/aromatic N) is 3. The number of rotatable bonds is 3. The Hall–Kier alpha value is -2.50. The number of carbonyl (C=O) groups excluding carboxylic acids is 1. The van der Waals surface area contributed by atoms with Crippen LogP contribution in [0.1, 0.15) is 19.5 Å². The normalized spacial score (nSPS) is 10.8. The molecule has 0 radical (unpaired) electrons. The third kappa shape index (κ3) is 2.52. The van der Waals surface area contributed by atoms with Crippen LogP contribution in [0.5, 0.6) is 0 Å². The second-order valence-corrected chi connectivity index (χ2v) is 5.34. The van der Waals surface area contributed by atoms with Crippen LogP contribution in [0.25, 0.3) is 5.69 Å². The summed E-state index contributed by atoms with van der Waals surface area (Å²) in [4.78, 5) is 26.3. The van der Waals surface area contributed by atoms with E-state index in [1.54, 1.807) is 16.4 Å². The maximum atomic E-state index is 12.9. The lowest BCUT2D eigenvalue weighted by Crippen LogP contribution is -2.40. The average molecular weight is 303 g/mol. The Kier molecular flexibility index (Phi) is 4.40. The van der Waals surface area contributed by atoms with Crippen LogP contribution in [0.2, 0.25) is 0 Å². The van der Waals surface area contributed by atoms with Crippen LogP contribution >= 0.6 is 0 Å². The van der Waals surface area contributed by atoms with Crippen molar-refractivity contribution in [2.75, 3.05) is 12.0 Å². The Morgan fingerprint density at radius 1 is 1.23 bits per heavy atom. The van der Waals surface area contributed by atoms with Crippen LogP contribution in [0.15, 0.2) is 35.1 Å². The highest BCUT2D eigenvalue weighted by Gasteiger charge is 2.28. The second kappa shape index (κ2) is 6.09. The lowest BCUT2D eigenvalue weighted by atomic mass is 10.2. The number of para-hydroxylation sites is 1. The zero-order valence-electron chi connectivity index (χ0n) is 13.5. The van der Waals surface area contributed by atoms with E-state index in [4.69, 9.17) is 4.74 Å². The number of methoxy groups -OCH3 is 1. The number of hydrogen-bond acceptors (Lipinski definition) is 3. The van der Waals surface area contributed by atoms with Crippen molar-refractivity contribution in [3.05, 3.63) is 46.4 Å². The Morgan fingerprint density at radius 3 is 2.32 bits per heavy atom. The summed E-state index contributed by atoms with van der Waals surface area (Å²) in [6.45, 7) is 5.50. The summed E-state index contributed by atoms with van der Waals surface area (Å²) in [6.07, 6.45) is -0.541. The molecule has 2 aromatic rings. The van der Waals surface area contributed by atoms with E-state index in [1.165, 1.54) is 12.0 Å². The fraction of sp³-hybridized carbons (Fsp3) is 0.375. The summed E-state index contributed by atoms with van der Waals surface area (Å²) in [6, 6.07) is 9.13. The molecule has 0 bridgehead atoms. The van der Waals surface area contributed by atoms with Crippen molar-refractivity contribution in [3.63, 3.8) is 0 Å². The van der Waals surface area contributed by atoms with Gasteiger partial charge in [-0.1, -0.05) is 18.2 Å².